The maximum absolute atomic E-state index is 12.3. The molecule has 0 heterocycles. The highest BCUT2D eigenvalue weighted by Crippen LogP contribution is 2.17. The Morgan fingerprint density at radius 3 is 2.45 bits per heavy atom. The van der Waals surface area contributed by atoms with Gasteiger partial charge in [-0.1, -0.05) is 30.3 Å². The van der Waals surface area contributed by atoms with Crippen LogP contribution in [0.2, 0.25) is 0 Å². The van der Waals surface area contributed by atoms with E-state index in [0.29, 0.717) is 5.56 Å². The zero-order valence-corrected chi connectivity index (χ0v) is 11.7. The van der Waals surface area contributed by atoms with Crippen molar-refractivity contribution >= 4 is 11.6 Å². The number of rotatable bonds is 4. The van der Waals surface area contributed by atoms with Gasteiger partial charge in [-0.3, -0.25) is 10.6 Å². The molecular weight excluding hydrogens is 250 g/mol. The van der Waals surface area contributed by atoms with Gasteiger partial charge in [0.05, 0.1) is 6.04 Å². The van der Waals surface area contributed by atoms with E-state index in [1.807, 2.05) is 50.2 Å². The van der Waals surface area contributed by atoms with Gasteiger partial charge < -0.3 is 10.7 Å². The van der Waals surface area contributed by atoms with E-state index in [4.69, 9.17) is 5.84 Å². The van der Waals surface area contributed by atoms with Crippen molar-refractivity contribution in [2.24, 2.45) is 5.84 Å². The quantitative estimate of drug-likeness (QED) is 0.590. The third kappa shape index (κ3) is 3.16. The average molecular weight is 269 g/mol. The predicted octanol–water partition coefficient (Wildman–Crippen LogP) is 2.77. The van der Waals surface area contributed by atoms with Crippen molar-refractivity contribution in [1.29, 1.82) is 0 Å². The van der Waals surface area contributed by atoms with E-state index in [-0.39, 0.29) is 11.9 Å². The minimum atomic E-state index is -0.0811. The Kier molecular flexibility index (Phi) is 4.38. The van der Waals surface area contributed by atoms with Crippen LogP contribution in [0.1, 0.15) is 34.5 Å². The molecule has 2 aromatic carbocycles. The number of carbonyl (C=O) groups excluding carboxylic acids is 1. The van der Waals surface area contributed by atoms with Crippen molar-refractivity contribution in [1.82, 2.24) is 5.32 Å². The summed E-state index contributed by atoms with van der Waals surface area (Å²) in [4.78, 5) is 12.3. The van der Waals surface area contributed by atoms with Gasteiger partial charge >= 0.3 is 0 Å². The molecule has 0 radical (unpaired) electrons. The van der Waals surface area contributed by atoms with Crippen LogP contribution in [0, 0.1) is 6.92 Å². The molecule has 0 saturated carbocycles. The van der Waals surface area contributed by atoms with Crippen LogP contribution in [0.15, 0.2) is 48.5 Å². The van der Waals surface area contributed by atoms with Crippen LogP contribution < -0.4 is 16.6 Å². The van der Waals surface area contributed by atoms with E-state index in [2.05, 4.69) is 10.7 Å². The summed E-state index contributed by atoms with van der Waals surface area (Å²) in [5.74, 6) is 5.27. The Hall–Kier alpha value is -2.33. The smallest absolute Gasteiger partial charge is 0.252 e. The zero-order chi connectivity index (χ0) is 14.5. The normalized spacial score (nSPS) is 11.8. The van der Waals surface area contributed by atoms with Crippen LogP contribution in [0.3, 0.4) is 0 Å². The Balaban J connectivity index is 2.12. The Morgan fingerprint density at radius 1 is 1.15 bits per heavy atom. The third-order valence-corrected chi connectivity index (χ3v) is 3.28. The minimum absolute atomic E-state index is 0.0320. The van der Waals surface area contributed by atoms with Crippen molar-refractivity contribution in [3.05, 3.63) is 65.2 Å². The second-order valence-electron chi connectivity index (χ2n) is 4.78. The summed E-state index contributed by atoms with van der Waals surface area (Å²) in [7, 11) is 0. The van der Waals surface area contributed by atoms with E-state index in [1.54, 1.807) is 12.1 Å². The molecule has 0 aromatic heterocycles. The molecule has 2 aromatic rings. The van der Waals surface area contributed by atoms with E-state index in [0.717, 1.165) is 16.8 Å². The van der Waals surface area contributed by atoms with Crippen LogP contribution >= 0.6 is 0 Å². The van der Waals surface area contributed by atoms with E-state index in [9.17, 15) is 4.79 Å². The number of anilines is 1. The maximum atomic E-state index is 12.3. The van der Waals surface area contributed by atoms with E-state index in [1.165, 1.54) is 0 Å². The van der Waals surface area contributed by atoms with Crippen molar-refractivity contribution in [3.63, 3.8) is 0 Å². The Bertz CT molecular complexity index is 596. The number of nitrogens with one attached hydrogen (secondary N) is 2. The van der Waals surface area contributed by atoms with Gasteiger partial charge in [0.1, 0.15) is 0 Å². The monoisotopic (exact) mass is 269 g/mol. The third-order valence-electron chi connectivity index (χ3n) is 3.28. The molecule has 0 saturated heterocycles. The number of amides is 1. The maximum Gasteiger partial charge on any atom is 0.252 e. The summed E-state index contributed by atoms with van der Waals surface area (Å²) in [5, 5.41) is 3.00. The van der Waals surface area contributed by atoms with E-state index < -0.39 is 0 Å². The standard InChI is InChI=1S/C16H19N3O/c1-11-10-14(19-17)8-9-15(11)16(20)18-12(2)13-6-4-3-5-7-13/h3-10,12,19H,17H2,1-2H3,(H,18,20). The van der Waals surface area contributed by atoms with Gasteiger partial charge in [-0.05, 0) is 43.2 Å². The number of nitrogens with two attached hydrogens (primary N) is 1. The number of hydrogen-bond acceptors (Lipinski definition) is 3. The molecule has 4 N–H and O–H groups in total. The Morgan fingerprint density at radius 2 is 1.85 bits per heavy atom. The van der Waals surface area contributed by atoms with Crippen LogP contribution in [0.4, 0.5) is 5.69 Å². The van der Waals surface area contributed by atoms with Crippen LogP contribution in [-0.4, -0.2) is 5.91 Å². The van der Waals surface area contributed by atoms with E-state index >= 15 is 0 Å². The molecule has 1 amide bonds. The number of carbonyl (C=O) groups is 1. The molecule has 4 nitrogen and oxygen atoms in total. The average Bonchev–Trinajstić information content (AvgIpc) is 2.47. The molecule has 0 aliphatic rings. The SMILES string of the molecule is Cc1cc(NN)ccc1C(=O)NC(C)c1ccccc1. The van der Waals surface area contributed by atoms with Crippen molar-refractivity contribution in [2.45, 2.75) is 19.9 Å². The molecule has 1 atom stereocenters. The number of nitrogen functional groups attached to an aromatic ring is 1. The lowest BCUT2D eigenvalue weighted by atomic mass is 10.1. The molecular formula is C16H19N3O. The highest BCUT2D eigenvalue weighted by molar-refractivity contribution is 5.96. The van der Waals surface area contributed by atoms with Crippen molar-refractivity contribution in [3.8, 4) is 0 Å². The van der Waals surface area contributed by atoms with Crippen LogP contribution in [0.5, 0.6) is 0 Å². The van der Waals surface area contributed by atoms with Crippen molar-refractivity contribution in [2.75, 3.05) is 5.43 Å². The van der Waals surface area contributed by atoms with Gasteiger partial charge in [0.2, 0.25) is 0 Å². The van der Waals surface area contributed by atoms with Crippen molar-refractivity contribution < 1.29 is 4.79 Å². The summed E-state index contributed by atoms with van der Waals surface area (Å²) < 4.78 is 0. The first-order chi connectivity index (χ1) is 9.61. The lowest BCUT2D eigenvalue weighted by molar-refractivity contribution is 0.0939. The fourth-order valence-corrected chi connectivity index (χ4v) is 2.11. The first kappa shape index (κ1) is 14.1. The molecule has 0 aliphatic heterocycles. The molecule has 104 valence electrons. The zero-order valence-electron chi connectivity index (χ0n) is 11.7. The number of aryl methyl sites for hydroxylation is 1. The second kappa shape index (κ2) is 6.21. The fourth-order valence-electron chi connectivity index (χ4n) is 2.11. The molecule has 0 bridgehead atoms. The first-order valence-electron chi connectivity index (χ1n) is 6.55. The largest absolute Gasteiger partial charge is 0.346 e. The van der Waals surface area contributed by atoms with Gasteiger partial charge in [0.25, 0.3) is 5.91 Å². The molecule has 1 unspecified atom stereocenters. The first-order valence-corrected chi connectivity index (χ1v) is 6.55. The second-order valence-corrected chi connectivity index (χ2v) is 4.78. The lowest BCUT2D eigenvalue weighted by Crippen LogP contribution is -2.27. The van der Waals surface area contributed by atoms with Gasteiger partial charge in [-0.25, -0.2) is 0 Å². The molecule has 0 spiro atoms. The van der Waals surface area contributed by atoms with Gasteiger partial charge in [0, 0.05) is 11.3 Å². The van der Waals surface area contributed by atoms with Crippen LogP contribution in [-0.2, 0) is 0 Å². The fraction of sp³-hybridized carbons (Fsp3) is 0.188. The molecule has 0 fully saturated rings. The molecule has 2 rings (SSSR count). The lowest BCUT2D eigenvalue weighted by Gasteiger charge is -2.15. The molecule has 0 aliphatic carbocycles. The van der Waals surface area contributed by atoms with Crippen LogP contribution in [0.25, 0.3) is 0 Å². The summed E-state index contributed by atoms with van der Waals surface area (Å²) in [5.41, 5.74) is 5.98. The number of benzene rings is 2. The molecule has 4 heteroatoms. The number of hydrazine groups is 1. The number of hydrogen-bond donors (Lipinski definition) is 3. The summed E-state index contributed by atoms with van der Waals surface area (Å²) in [6.07, 6.45) is 0. The van der Waals surface area contributed by atoms with Gasteiger partial charge in [-0.2, -0.15) is 0 Å². The Labute approximate surface area is 119 Å². The van der Waals surface area contributed by atoms with Gasteiger partial charge in [-0.15, -0.1) is 0 Å². The molecule has 20 heavy (non-hydrogen) atoms. The van der Waals surface area contributed by atoms with Gasteiger partial charge in [0.15, 0.2) is 0 Å². The summed E-state index contributed by atoms with van der Waals surface area (Å²) >= 11 is 0. The summed E-state index contributed by atoms with van der Waals surface area (Å²) in [6.45, 7) is 3.86. The predicted molar refractivity (Wildman–Crippen MR) is 81.3 cm³/mol. The highest BCUT2D eigenvalue weighted by atomic mass is 16.1. The summed E-state index contributed by atoms with van der Waals surface area (Å²) in [6, 6.07) is 15.3. The highest BCUT2D eigenvalue weighted by Gasteiger charge is 2.13. The topological polar surface area (TPSA) is 67.1 Å². The minimum Gasteiger partial charge on any atom is -0.346 e.